The molecule has 0 spiro atoms. The summed E-state index contributed by atoms with van der Waals surface area (Å²) in [5, 5.41) is 11.0. The molecule has 1 aromatic rings. The summed E-state index contributed by atoms with van der Waals surface area (Å²) in [5.74, 6) is -0.206. The van der Waals surface area contributed by atoms with Crippen molar-refractivity contribution in [1.29, 1.82) is 0 Å². The fourth-order valence-electron chi connectivity index (χ4n) is 2.26. The van der Waals surface area contributed by atoms with Crippen molar-refractivity contribution in [2.75, 3.05) is 27.2 Å². The van der Waals surface area contributed by atoms with Crippen molar-refractivity contribution < 1.29 is 9.72 Å². The van der Waals surface area contributed by atoms with Crippen molar-refractivity contribution in [3.05, 3.63) is 38.3 Å². The summed E-state index contributed by atoms with van der Waals surface area (Å²) in [4.78, 5) is 26.8. The highest BCUT2D eigenvalue weighted by atomic mass is 79.9. The van der Waals surface area contributed by atoms with Gasteiger partial charge in [0.25, 0.3) is 11.6 Å². The number of carbonyl (C=O) groups excluding carboxylic acids is 1. The monoisotopic (exact) mass is 357 g/mol. The van der Waals surface area contributed by atoms with E-state index in [-0.39, 0.29) is 22.1 Å². The van der Waals surface area contributed by atoms with Gasteiger partial charge in [0, 0.05) is 25.2 Å². The molecule has 1 atom stereocenters. The number of rotatable bonds is 6. The lowest BCUT2D eigenvalue weighted by Gasteiger charge is -2.30. The lowest BCUT2D eigenvalue weighted by atomic mass is 10.1. The van der Waals surface area contributed by atoms with E-state index in [1.807, 2.05) is 32.8 Å². The third-order valence-corrected chi connectivity index (χ3v) is 4.00. The average molecular weight is 358 g/mol. The highest BCUT2D eigenvalue weighted by Crippen LogP contribution is 2.29. The molecule has 1 unspecified atom stereocenters. The molecule has 0 N–H and O–H groups in total. The molecule has 0 saturated heterocycles. The highest BCUT2D eigenvalue weighted by Gasteiger charge is 2.25. The zero-order valence-electron chi connectivity index (χ0n) is 12.7. The van der Waals surface area contributed by atoms with Crippen LogP contribution in [0, 0.1) is 10.1 Å². The van der Waals surface area contributed by atoms with Gasteiger partial charge < -0.3 is 9.80 Å². The zero-order chi connectivity index (χ0) is 16.2. The molecule has 0 bridgehead atoms. The van der Waals surface area contributed by atoms with Crippen molar-refractivity contribution in [2.45, 2.75) is 19.9 Å². The number of nitro benzene ring substituents is 1. The van der Waals surface area contributed by atoms with Gasteiger partial charge in [-0.2, -0.15) is 0 Å². The summed E-state index contributed by atoms with van der Waals surface area (Å²) in [7, 11) is 3.89. The predicted octanol–water partition coefficient (Wildman–Crippen LogP) is 2.77. The molecule has 1 amide bonds. The van der Waals surface area contributed by atoms with Crippen LogP contribution in [-0.2, 0) is 0 Å². The van der Waals surface area contributed by atoms with Crippen LogP contribution in [0.5, 0.6) is 0 Å². The van der Waals surface area contributed by atoms with Gasteiger partial charge in [0.2, 0.25) is 0 Å². The molecular formula is C14H20BrN3O3. The fourth-order valence-corrected chi connectivity index (χ4v) is 2.84. The maximum atomic E-state index is 12.6. The van der Waals surface area contributed by atoms with Crippen LogP contribution >= 0.6 is 15.9 Å². The molecule has 0 saturated carbocycles. The van der Waals surface area contributed by atoms with Crippen LogP contribution in [0.25, 0.3) is 0 Å². The van der Waals surface area contributed by atoms with Crippen LogP contribution in [0.3, 0.4) is 0 Å². The second kappa shape index (κ2) is 7.51. The predicted molar refractivity (Wildman–Crippen MR) is 85.5 cm³/mol. The Morgan fingerprint density at radius 2 is 2.05 bits per heavy atom. The first kappa shape index (κ1) is 17.6. The SMILES string of the molecule is CCN(C(=O)c1cccc([N+](=O)[O-])c1Br)C(C)CN(C)C. The number of halogens is 1. The van der Waals surface area contributed by atoms with Crippen molar-refractivity contribution in [2.24, 2.45) is 0 Å². The Kier molecular flexibility index (Phi) is 6.29. The maximum Gasteiger partial charge on any atom is 0.284 e. The number of nitro groups is 1. The van der Waals surface area contributed by atoms with Gasteiger partial charge in [-0.1, -0.05) is 6.07 Å². The van der Waals surface area contributed by atoms with Crippen molar-refractivity contribution in [3.63, 3.8) is 0 Å². The van der Waals surface area contributed by atoms with E-state index in [9.17, 15) is 14.9 Å². The molecule has 0 heterocycles. The summed E-state index contributed by atoms with van der Waals surface area (Å²) in [5.41, 5.74) is 0.217. The number of carbonyl (C=O) groups is 1. The van der Waals surface area contributed by atoms with E-state index in [0.717, 1.165) is 6.54 Å². The first-order chi connectivity index (χ1) is 9.79. The van der Waals surface area contributed by atoms with Crippen LogP contribution in [0.2, 0.25) is 0 Å². The van der Waals surface area contributed by atoms with Gasteiger partial charge in [0.1, 0.15) is 4.47 Å². The van der Waals surface area contributed by atoms with E-state index in [1.165, 1.54) is 12.1 Å². The Hall–Kier alpha value is -1.47. The van der Waals surface area contributed by atoms with Gasteiger partial charge in [-0.05, 0) is 49.9 Å². The summed E-state index contributed by atoms with van der Waals surface area (Å²) in [6.45, 7) is 5.14. The van der Waals surface area contributed by atoms with Crippen LogP contribution in [-0.4, -0.2) is 53.9 Å². The molecule has 116 valence electrons. The molecule has 6 nitrogen and oxygen atoms in total. The molecule has 0 aliphatic carbocycles. The van der Waals surface area contributed by atoms with E-state index < -0.39 is 4.92 Å². The van der Waals surface area contributed by atoms with Gasteiger partial charge in [-0.3, -0.25) is 14.9 Å². The van der Waals surface area contributed by atoms with Crippen LogP contribution in [0.4, 0.5) is 5.69 Å². The van der Waals surface area contributed by atoms with E-state index in [2.05, 4.69) is 15.9 Å². The summed E-state index contributed by atoms with van der Waals surface area (Å²) >= 11 is 3.18. The molecule has 1 aromatic carbocycles. The zero-order valence-corrected chi connectivity index (χ0v) is 14.3. The van der Waals surface area contributed by atoms with Gasteiger partial charge >= 0.3 is 0 Å². The minimum Gasteiger partial charge on any atom is -0.335 e. The molecule has 7 heteroatoms. The number of amides is 1. The first-order valence-corrected chi connectivity index (χ1v) is 7.47. The lowest BCUT2D eigenvalue weighted by molar-refractivity contribution is -0.385. The van der Waals surface area contributed by atoms with Gasteiger partial charge in [0.15, 0.2) is 0 Å². The molecule has 0 aromatic heterocycles. The first-order valence-electron chi connectivity index (χ1n) is 6.68. The van der Waals surface area contributed by atoms with Crippen molar-refractivity contribution in [3.8, 4) is 0 Å². The van der Waals surface area contributed by atoms with E-state index >= 15 is 0 Å². The Balaban J connectivity index is 3.11. The van der Waals surface area contributed by atoms with Gasteiger partial charge in [0.05, 0.1) is 10.5 Å². The number of hydrogen-bond acceptors (Lipinski definition) is 4. The third kappa shape index (κ3) is 4.25. The minimum atomic E-state index is -0.500. The van der Waals surface area contributed by atoms with Gasteiger partial charge in [-0.15, -0.1) is 0 Å². The number of likely N-dealkylation sites (N-methyl/N-ethyl adjacent to an activating group) is 2. The highest BCUT2D eigenvalue weighted by molar-refractivity contribution is 9.10. The smallest absolute Gasteiger partial charge is 0.284 e. The summed E-state index contributed by atoms with van der Waals surface area (Å²) < 4.78 is 0.232. The normalized spacial score (nSPS) is 12.3. The van der Waals surface area contributed by atoms with Gasteiger partial charge in [-0.25, -0.2) is 0 Å². The van der Waals surface area contributed by atoms with E-state index in [0.29, 0.717) is 12.1 Å². The molecule has 0 radical (unpaired) electrons. The summed E-state index contributed by atoms with van der Waals surface area (Å²) in [6.07, 6.45) is 0. The Labute approximate surface area is 133 Å². The molecule has 0 aliphatic rings. The number of nitrogens with zero attached hydrogens (tertiary/aromatic N) is 3. The van der Waals surface area contributed by atoms with Crippen molar-refractivity contribution >= 4 is 27.5 Å². The number of benzene rings is 1. The van der Waals surface area contributed by atoms with E-state index in [4.69, 9.17) is 0 Å². The lowest BCUT2D eigenvalue weighted by Crippen LogP contribution is -2.43. The third-order valence-electron chi connectivity index (χ3n) is 3.17. The number of hydrogen-bond donors (Lipinski definition) is 0. The summed E-state index contributed by atoms with van der Waals surface area (Å²) in [6, 6.07) is 4.52. The Morgan fingerprint density at radius 1 is 1.43 bits per heavy atom. The quantitative estimate of drug-likeness (QED) is 0.579. The standard InChI is InChI=1S/C14H20BrN3O3/c1-5-17(10(2)9-16(3)4)14(19)11-7-6-8-12(13(11)15)18(20)21/h6-8,10H,5,9H2,1-4H3. The Morgan fingerprint density at radius 3 is 2.52 bits per heavy atom. The van der Waals surface area contributed by atoms with Crippen molar-refractivity contribution in [1.82, 2.24) is 9.80 Å². The molecule has 21 heavy (non-hydrogen) atoms. The largest absolute Gasteiger partial charge is 0.335 e. The molecule has 0 fully saturated rings. The molecule has 1 rings (SSSR count). The topological polar surface area (TPSA) is 66.7 Å². The average Bonchev–Trinajstić information content (AvgIpc) is 2.38. The second-order valence-corrected chi connectivity index (χ2v) is 5.89. The Bertz CT molecular complexity index is 534. The fraction of sp³-hybridized carbons (Fsp3) is 0.500. The molecule has 0 aliphatic heterocycles. The minimum absolute atomic E-state index is 0.0173. The van der Waals surface area contributed by atoms with Crippen LogP contribution in [0.1, 0.15) is 24.2 Å². The van der Waals surface area contributed by atoms with Crippen LogP contribution < -0.4 is 0 Å². The van der Waals surface area contributed by atoms with Crippen LogP contribution in [0.15, 0.2) is 22.7 Å². The van der Waals surface area contributed by atoms with E-state index in [1.54, 1.807) is 11.0 Å². The maximum absolute atomic E-state index is 12.6. The second-order valence-electron chi connectivity index (χ2n) is 5.10. The molecular weight excluding hydrogens is 338 g/mol.